The summed E-state index contributed by atoms with van der Waals surface area (Å²) in [4.78, 5) is 0. The molecular formula is C14H12ClF2NO. The summed E-state index contributed by atoms with van der Waals surface area (Å²) in [5.41, 5.74) is 6.66. The summed E-state index contributed by atoms with van der Waals surface area (Å²) >= 11 is 5.98. The molecule has 2 rings (SSSR count). The molecule has 2 N–H and O–H groups in total. The van der Waals surface area contributed by atoms with E-state index in [2.05, 4.69) is 0 Å². The highest BCUT2D eigenvalue weighted by atomic mass is 35.5. The van der Waals surface area contributed by atoms with E-state index in [1.807, 2.05) is 0 Å². The van der Waals surface area contributed by atoms with Gasteiger partial charge in [-0.3, -0.25) is 0 Å². The number of halogens is 3. The first-order chi connectivity index (χ1) is 9.10. The molecule has 2 nitrogen and oxygen atoms in total. The summed E-state index contributed by atoms with van der Waals surface area (Å²) in [6.45, 7) is 0.272. The predicted octanol–water partition coefficient (Wildman–Crippen LogP) is 3.66. The number of hydrogen-bond donors (Lipinski definition) is 1. The van der Waals surface area contributed by atoms with Crippen LogP contribution in [0.3, 0.4) is 0 Å². The largest absolute Gasteiger partial charge is 0.489 e. The van der Waals surface area contributed by atoms with Crippen molar-refractivity contribution in [2.75, 3.05) is 0 Å². The first kappa shape index (κ1) is 13.8. The Hall–Kier alpha value is -1.65. The molecule has 0 atom stereocenters. The van der Waals surface area contributed by atoms with E-state index in [1.165, 1.54) is 12.1 Å². The van der Waals surface area contributed by atoms with Crippen molar-refractivity contribution in [2.24, 2.45) is 5.73 Å². The van der Waals surface area contributed by atoms with Gasteiger partial charge in [0.25, 0.3) is 0 Å². The second-order valence-corrected chi connectivity index (χ2v) is 4.39. The fraction of sp³-hybridized carbons (Fsp3) is 0.143. The highest BCUT2D eigenvalue weighted by molar-refractivity contribution is 6.31. The van der Waals surface area contributed by atoms with Gasteiger partial charge in [0, 0.05) is 23.2 Å². The Kier molecular flexibility index (Phi) is 4.35. The number of rotatable bonds is 4. The molecule has 0 saturated heterocycles. The Morgan fingerprint density at radius 1 is 1.11 bits per heavy atom. The van der Waals surface area contributed by atoms with Crippen molar-refractivity contribution in [3.05, 3.63) is 64.2 Å². The maximum Gasteiger partial charge on any atom is 0.126 e. The van der Waals surface area contributed by atoms with Gasteiger partial charge in [0.1, 0.15) is 24.0 Å². The quantitative estimate of drug-likeness (QED) is 0.929. The van der Waals surface area contributed by atoms with Gasteiger partial charge in [0.05, 0.1) is 0 Å². The van der Waals surface area contributed by atoms with Crippen LogP contribution in [0.4, 0.5) is 8.78 Å². The third kappa shape index (κ3) is 3.43. The molecule has 0 aliphatic heterocycles. The Morgan fingerprint density at radius 2 is 1.79 bits per heavy atom. The lowest BCUT2D eigenvalue weighted by Gasteiger charge is -2.11. The average molecular weight is 284 g/mol. The molecule has 100 valence electrons. The van der Waals surface area contributed by atoms with E-state index in [4.69, 9.17) is 22.1 Å². The topological polar surface area (TPSA) is 35.2 Å². The maximum absolute atomic E-state index is 13.0. The lowest BCUT2D eigenvalue weighted by molar-refractivity contribution is 0.301. The molecule has 2 aromatic carbocycles. The van der Waals surface area contributed by atoms with Crippen LogP contribution in [-0.4, -0.2) is 0 Å². The minimum Gasteiger partial charge on any atom is -0.489 e. The number of nitrogens with two attached hydrogens (primary N) is 1. The fourth-order valence-corrected chi connectivity index (χ4v) is 1.97. The molecule has 0 fully saturated rings. The Bertz CT molecular complexity index is 569. The zero-order chi connectivity index (χ0) is 13.8. The van der Waals surface area contributed by atoms with Crippen LogP contribution < -0.4 is 10.5 Å². The van der Waals surface area contributed by atoms with Gasteiger partial charge in [-0.2, -0.15) is 0 Å². The lowest BCUT2D eigenvalue weighted by Crippen LogP contribution is -2.04. The van der Waals surface area contributed by atoms with E-state index in [0.29, 0.717) is 21.9 Å². The normalized spacial score (nSPS) is 10.5. The molecule has 0 amide bonds. The molecule has 0 aliphatic carbocycles. The van der Waals surface area contributed by atoms with Crippen LogP contribution in [0.5, 0.6) is 5.75 Å². The highest BCUT2D eigenvalue weighted by Gasteiger charge is 2.07. The third-order valence-electron chi connectivity index (χ3n) is 2.60. The summed E-state index contributed by atoms with van der Waals surface area (Å²) in [6, 6.07) is 8.39. The smallest absolute Gasteiger partial charge is 0.126 e. The minimum absolute atomic E-state index is 0.0437. The lowest BCUT2D eigenvalue weighted by atomic mass is 10.2. The molecular weight excluding hydrogens is 272 g/mol. The Balaban J connectivity index is 2.16. The van der Waals surface area contributed by atoms with Crippen LogP contribution in [-0.2, 0) is 13.2 Å². The summed E-state index contributed by atoms with van der Waals surface area (Å²) in [5, 5.41) is 0.505. The van der Waals surface area contributed by atoms with Crippen molar-refractivity contribution < 1.29 is 13.5 Å². The van der Waals surface area contributed by atoms with E-state index < -0.39 is 11.6 Å². The van der Waals surface area contributed by atoms with Gasteiger partial charge in [-0.25, -0.2) is 8.78 Å². The molecule has 0 spiro atoms. The van der Waals surface area contributed by atoms with Crippen molar-refractivity contribution in [3.63, 3.8) is 0 Å². The Labute approximate surface area is 114 Å². The molecule has 0 aromatic heterocycles. The van der Waals surface area contributed by atoms with Gasteiger partial charge in [-0.05, 0) is 29.8 Å². The van der Waals surface area contributed by atoms with Crippen LogP contribution in [0.25, 0.3) is 0 Å². The molecule has 2 aromatic rings. The van der Waals surface area contributed by atoms with Crippen molar-refractivity contribution in [1.82, 2.24) is 0 Å². The van der Waals surface area contributed by atoms with Gasteiger partial charge in [0.15, 0.2) is 0 Å². The van der Waals surface area contributed by atoms with Gasteiger partial charge in [0.2, 0.25) is 0 Å². The van der Waals surface area contributed by atoms with E-state index in [9.17, 15) is 8.78 Å². The molecule has 0 saturated carbocycles. The molecule has 0 aliphatic rings. The number of ether oxygens (including phenoxy) is 1. The monoisotopic (exact) mass is 283 g/mol. The standard InChI is InChI=1S/C14H12ClF2NO/c15-13-2-1-3-14(12(13)7-18)19-8-9-4-10(16)6-11(17)5-9/h1-6H,7-8,18H2. The van der Waals surface area contributed by atoms with Crippen molar-refractivity contribution in [1.29, 1.82) is 0 Å². The number of hydrogen-bond acceptors (Lipinski definition) is 2. The number of benzene rings is 2. The van der Waals surface area contributed by atoms with Gasteiger partial charge >= 0.3 is 0 Å². The van der Waals surface area contributed by atoms with Gasteiger partial charge in [-0.15, -0.1) is 0 Å². The van der Waals surface area contributed by atoms with Crippen LogP contribution in [0.1, 0.15) is 11.1 Å². The van der Waals surface area contributed by atoms with Crippen LogP contribution >= 0.6 is 11.6 Å². The third-order valence-corrected chi connectivity index (χ3v) is 2.95. The first-order valence-corrected chi connectivity index (χ1v) is 6.03. The first-order valence-electron chi connectivity index (χ1n) is 5.65. The van der Waals surface area contributed by atoms with Gasteiger partial charge < -0.3 is 10.5 Å². The Morgan fingerprint density at radius 3 is 2.42 bits per heavy atom. The molecule has 0 bridgehead atoms. The molecule has 5 heteroatoms. The summed E-state index contributed by atoms with van der Waals surface area (Å²) in [6.07, 6.45) is 0. The van der Waals surface area contributed by atoms with Crippen molar-refractivity contribution >= 4 is 11.6 Å². The summed E-state index contributed by atoms with van der Waals surface area (Å²) in [7, 11) is 0. The SMILES string of the molecule is NCc1c(Cl)cccc1OCc1cc(F)cc(F)c1. The summed E-state index contributed by atoms with van der Waals surface area (Å²) < 4.78 is 31.6. The zero-order valence-corrected chi connectivity index (χ0v) is 10.8. The average Bonchev–Trinajstić information content (AvgIpc) is 2.35. The van der Waals surface area contributed by atoms with Crippen LogP contribution in [0.15, 0.2) is 36.4 Å². The van der Waals surface area contributed by atoms with Crippen LogP contribution in [0.2, 0.25) is 5.02 Å². The molecule has 0 unspecified atom stereocenters. The second-order valence-electron chi connectivity index (χ2n) is 3.99. The maximum atomic E-state index is 13.0. The van der Waals surface area contributed by atoms with E-state index in [0.717, 1.165) is 6.07 Å². The second kappa shape index (κ2) is 5.99. The highest BCUT2D eigenvalue weighted by Crippen LogP contribution is 2.26. The minimum atomic E-state index is -0.635. The van der Waals surface area contributed by atoms with E-state index in [-0.39, 0.29) is 13.2 Å². The van der Waals surface area contributed by atoms with Crippen molar-refractivity contribution in [2.45, 2.75) is 13.2 Å². The fourth-order valence-electron chi connectivity index (χ4n) is 1.73. The van der Waals surface area contributed by atoms with Gasteiger partial charge in [-0.1, -0.05) is 17.7 Å². The van der Waals surface area contributed by atoms with E-state index in [1.54, 1.807) is 18.2 Å². The molecule has 0 radical (unpaired) electrons. The molecule has 19 heavy (non-hydrogen) atoms. The zero-order valence-electron chi connectivity index (χ0n) is 10.00. The summed E-state index contributed by atoms with van der Waals surface area (Å²) in [5.74, 6) is -0.757. The van der Waals surface area contributed by atoms with E-state index >= 15 is 0 Å². The predicted molar refractivity (Wildman–Crippen MR) is 70.0 cm³/mol. The molecule has 0 heterocycles. The van der Waals surface area contributed by atoms with Crippen molar-refractivity contribution in [3.8, 4) is 5.75 Å². The van der Waals surface area contributed by atoms with Crippen LogP contribution in [0, 0.1) is 11.6 Å².